The lowest BCUT2D eigenvalue weighted by Gasteiger charge is -2.22. The van der Waals surface area contributed by atoms with Gasteiger partial charge in [0.05, 0.1) is 16.8 Å². The van der Waals surface area contributed by atoms with E-state index in [1.54, 1.807) is 12.1 Å². The largest absolute Gasteiger partial charge is 0.478 e. The van der Waals surface area contributed by atoms with Gasteiger partial charge in [0, 0.05) is 13.1 Å². The molecule has 1 saturated heterocycles. The molecule has 1 saturated carbocycles. The van der Waals surface area contributed by atoms with E-state index in [4.69, 9.17) is 0 Å². The highest BCUT2D eigenvalue weighted by molar-refractivity contribution is 7.92. The molecular formula is C22H27N3O4S. The second kappa shape index (κ2) is 8.63. The zero-order chi connectivity index (χ0) is 21.1. The third-order valence-corrected chi connectivity index (χ3v) is 7.42. The number of nitrogens with one attached hydrogen (secondary N) is 1. The van der Waals surface area contributed by atoms with Gasteiger partial charge in [0.25, 0.3) is 10.0 Å². The number of rotatable bonds is 6. The third kappa shape index (κ3) is 4.43. The molecule has 0 spiro atoms. The Morgan fingerprint density at radius 3 is 2.33 bits per heavy atom. The fourth-order valence-corrected chi connectivity index (χ4v) is 5.45. The van der Waals surface area contributed by atoms with Crippen LogP contribution in [0.1, 0.15) is 66.8 Å². The lowest BCUT2D eigenvalue weighted by Crippen LogP contribution is -2.22. The van der Waals surface area contributed by atoms with Crippen molar-refractivity contribution in [3.8, 4) is 0 Å². The maximum atomic E-state index is 12.8. The van der Waals surface area contributed by atoms with E-state index in [1.807, 2.05) is 17.0 Å². The van der Waals surface area contributed by atoms with Crippen LogP contribution in [0.4, 0.5) is 11.5 Å². The molecule has 0 amide bonds. The molecule has 160 valence electrons. The normalized spacial score (nSPS) is 17.8. The summed E-state index contributed by atoms with van der Waals surface area (Å²) < 4.78 is 28.1. The summed E-state index contributed by atoms with van der Waals surface area (Å²) in [6, 6.07) is 8.37. The van der Waals surface area contributed by atoms with Crippen LogP contribution in [0.25, 0.3) is 0 Å². The SMILES string of the molecule is O=C(O)c1cc(NS(=O)(=O)c2ccc(C3CCCCC3)cc2)cnc1N1CCCC1. The van der Waals surface area contributed by atoms with E-state index in [1.165, 1.54) is 37.1 Å². The first-order valence-corrected chi connectivity index (χ1v) is 12.0. The molecule has 8 heteroatoms. The molecule has 2 fully saturated rings. The zero-order valence-electron chi connectivity index (χ0n) is 16.9. The number of carbonyl (C=O) groups is 1. The van der Waals surface area contributed by atoms with E-state index in [0.717, 1.165) is 38.8 Å². The van der Waals surface area contributed by atoms with Gasteiger partial charge in [-0.15, -0.1) is 0 Å². The summed E-state index contributed by atoms with van der Waals surface area (Å²) in [4.78, 5) is 18.0. The van der Waals surface area contributed by atoms with Crippen molar-refractivity contribution >= 4 is 27.5 Å². The minimum Gasteiger partial charge on any atom is -0.478 e. The van der Waals surface area contributed by atoms with Crippen LogP contribution in [0.15, 0.2) is 41.4 Å². The predicted molar refractivity (Wildman–Crippen MR) is 116 cm³/mol. The fourth-order valence-electron chi connectivity index (χ4n) is 4.42. The van der Waals surface area contributed by atoms with Gasteiger partial charge in [-0.05, 0) is 55.4 Å². The minimum atomic E-state index is -3.83. The van der Waals surface area contributed by atoms with Gasteiger partial charge in [-0.1, -0.05) is 31.4 Å². The highest BCUT2D eigenvalue weighted by atomic mass is 32.2. The van der Waals surface area contributed by atoms with Gasteiger partial charge in [-0.2, -0.15) is 0 Å². The number of hydrogen-bond donors (Lipinski definition) is 2. The monoisotopic (exact) mass is 429 g/mol. The molecule has 2 heterocycles. The number of nitrogens with zero attached hydrogens (tertiary/aromatic N) is 2. The second-order valence-electron chi connectivity index (χ2n) is 8.10. The highest BCUT2D eigenvalue weighted by Crippen LogP contribution is 2.33. The van der Waals surface area contributed by atoms with Gasteiger partial charge in [0.2, 0.25) is 0 Å². The number of carboxylic acids is 1. The topological polar surface area (TPSA) is 99.6 Å². The van der Waals surface area contributed by atoms with E-state index in [9.17, 15) is 18.3 Å². The zero-order valence-corrected chi connectivity index (χ0v) is 17.7. The second-order valence-corrected chi connectivity index (χ2v) is 9.79. The van der Waals surface area contributed by atoms with Crippen LogP contribution in [0.2, 0.25) is 0 Å². The van der Waals surface area contributed by atoms with Crippen molar-refractivity contribution in [2.45, 2.75) is 55.8 Å². The lowest BCUT2D eigenvalue weighted by molar-refractivity contribution is 0.0697. The van der Waals surface area contributed by atoms with Crippen molar-refractivity contribution in [2.24, 2.45) is 0 Å². The molecule has 1 aromatic heterocycles. The number of sulfonamides is 1. The smallest absolute Gasteiger partial charge is 0.339 e. The van der Waals surface area contributed by atoms with Crippen LogP contribution in [-0.4, -0.2) is 37.6 Å². The number of pyridine rings is 1. The Balaban J connectivity index is 1.53. The van der Waals surface area contributed by atoms with E-state index < -0.39 is 16.0 Å². The van der Waals surface area contributed by atoms with Crippen LogP contribution in [0.5, 0.6) is 0 Å². The van der Waals surface area contributed by atoms with Crippen LogP contribution in [0.3, 0.4) is 0 Å². The third-order valence-electron chi connectivity index (χ3n) is 6.02. The van der Waals surface area contributed by atoms with Crippen LogP contribution in [0, 0.1) is 0 Å². The molecule has 1 aromatic carbocycles. The molecule has 1 aliphatic heterocycles. The number of aromatic nitrogens is 1. The van der Waals surface area contributed by atoms with Gasteiger partial charge >= 0.3 is 5.97 Å². The summed E-state index contributed by atoms with van der Waals surface area (Å²) in [5, 5.41) is 9.58. The van der Waals surface area contributed by atoms with Gasteiger partial charge in [-0.3, -0.25) is 4.72 Å². The summed E-state index contributed by atoms with van der Waals surface area (Å²) >= 11 is 0. The Kier molecular flexibility index (Phi) is 5.94. The molecule has 0 bridgehead atoms. The fraction of sp³-hybridized carbons (Fsp3) is 0.455. The maximum Gasteiger partial charge on any atom is 0.339 e. The molecule has 0 unspecified atom stereocenters. The average Bonchev–Trinajstić information content (AvgIpc) is 3.29. The van der Waals surface area contributed by atoms with Crippen LogP contribution in [-0.2, 0) is 10.0 Å². The van der Waals surface area contributed by atoms with Gasteiger partial charge < -0.3 is 10.0 Å². The summed E-state index contributed by atoms with van der Waals surface area (Å²) in [6.45, 7) is 1.51. The Labute approximate surface area is 177 Å². The number of hydrogen-bond acceptors (Lipinski definition) is 5. The molecule has 2 aliphatic rings. The summed E-state index contributed by atoms with van der Waals surface area (Å²) in [7, 11) is -3.83. The molecule has 1 aliphatic carbocycles. The first-order valence-electron chi connectivity index (χ1n) is 10.5. The molecule has 0 atom stereocenters. The summed E-state index contributed by atoms with van der Waals surface area (Å²) in [6.07, 6.45) is 9.38. The Morgan fingerprint density at radius 2 is 1.70 bits per heavy atom. The Morgan fingerprint density at radius 1 is 1.03 bits per heavy atom. The van der Waals surface area contributed by atoms with Gasteiger partial charge in [0.1, 0.15) is 11.4 Å². The van der Waals surface area contributed by atoms with Crippen LogP contribution < -0.4 is 9.62 Å². The first-order chi connectivity index (χ1) is 14.4. The van der Waals surface area contributed by atoms with Crippen molar-refractivity contribution < 1.29 is 18.3 Å². The first kappa shape index (κ1) is 20.7. The number of carboxylic acid groups (broad SMARTS) is 1. The average molecular weight is 430 g/mol. The van der Waals surface area contributed by atoms with Crippen LogP contribution >= 0.6 is 0 Å². The van der Waals surface area contributed by atoms with Crippen molar-refractivity contribution in [2.75, 3.05) is 22.7 Å². The predicted octanol–water partition coefficient (Wildman–Crippen LogP) is 4.23. The highest BCUT2D eigenvalue weighted by Gasteiger charge is 2.23. The van der Waals surface area contributed by atoms with Crippen molar-refractivity contribution in [3.63, 3.8) is 0 Å². The van der Waals surface area contributed by atoms with E-state index in [2.05, 4.69) is 9.71 Å². The molecule has 2 N–H and O–H groups in total. The van der Waals surface area contributed by atoms with Gasteiger partial charge in [-0.25, -0.2) is 18.2 Å². The standard InChI is InChI=1S/C22H27N3O4S/c26-22(27)20-14-18(15-23-21(20)25-12-4-5-13-25)24-30(28,29)19-10-8-17(9-11-19)16-6-2-1-3-7-16/h8-11,14-16,24H,1-7,12-13H2,(H,26,27). The van der Waals surface area contributed by atoms with E-state index in [0.29, 0.717) is 11.7 Å². The molecule has 4 rings (SSSR count). The summed E-state index contributed by atoms with van der Waals surface area (Å²) in [5.74, 6) is -0.231. The van der Waals surface area contributed by atoms with Gasteiger partial charge in [0.15, 0.2) is 0 Å². The summed E-state index contributed by atoms with van der Waals surface area (Å²) in [5.41, 5.74) is 1.33. The lowest BCUT2D eigenvalue weighted by atomic mass is 9.84. The van der Waals surface area contributed by atoms with Crippen molar-refractivity contribution in [3.05, 3.63) is 47.7 Å². The quantitative estimate of drug-likeness (QED) is 0.713. The van der Waals surface area contributed by atoms with E-state index in [-0.39, 0.29) is 16.1 Å². The number of benzene rings is 1. The molecule has 30 heavy (non-hydrogen) atoms. The molecule has 7 nitrogen and oxygen atoms in total. The molecule has 0 radical (unpaired) electrons. The Bertz CT molecular complexity index is 1010. The van der Waals surface area contributed by atoms with Crippen molar-refractivity contribution in [1.82, 2.24) is 4.98 Å². The number of aromatic carboxylic acids is 1. The Hall–Kier alpha value is -2.61. The minimum absolute atomic E-state index is 0.00439. The maximum absolute atomic E-state index is 12.8. The molecule has 2 aromatic rings. The van der Waals surface area contributed by atoms with E-state index >= 15 is 0 Å². The molecular weight excluding hydrogens is 402 g/mol. The van der Waals surface area contributed by atoms with Crippen molar-refractivity contribution in [1.29, 1.82) is 0 Å². The number of anilines is 2.